The second-order valence-corrected chi connectivity index (χ2v) is 7.86. The highest BCUT2D eigenvalue weighted by molar-refractivity contribution is 5.98. The van der Waals surface area contributed by atoms with Gasteiger partial charge >= 0.3 is 0 Å². The third-order valence-electron chi connectivity index (χ3n) is 5.34. The molecule has 0 radical (unpaired) electrons. The average Bonchev–Trinajstić information content (AvgIpc) is 2.77. The molecule has 0 fully saturated rings. The second kappa shape index (κ2) is 9.43. The summed E-state index contributed by atoms with van der Waals surface area (Å²) in [4.78, 5) is 41.2. The molecule has 7 nitrogen and oxygen atoms in total. The van der Waals surface area contributed by atoms with Gasteiger partial charge in [-0.1, -0.05) is 13.0 Å². The maximum absolute atomic E-state index is 13.3. The number of nitrogens with one attached hydrogen (secondary N) is 1. The monoisotopic (exact) mass is 418 g/mol. The van der Waals surface area contributed by atoms with Crippen LogP contribution in [-0.2, 0) is 22.6 Å². The number of likely N-dealkylation sites (N-methyl/N-ethyl adjacent to an activating group) is 1. The lowest BCUT2D eigenvalue weighted by Gasteiger charge is -2.37. The van der Waals surface area contributed by atoms with Crippen molar-refractivity contribution in [3.63, 3.8) is 0 Å². The first-order chi connectivity index (χ1) is 14.8. The zero-order valence-corrected chi connectivity index (χ0v) is 18.0. The first kappa shape index (κ1) is 22.0. The predicted molar refractivity (Wildman–Crippen MR) is 117 cm³/mol. The van der Waals surface area contributed by atoms with Gasteiger partial charge in [-0.25, -0.2) is 0 Å². The number of carbonyl (C=O) groups is 3. The topological polar surface area (TPSA) is 93.5 Å². The lowest BCUT2D eigenvalue weighted by Crippen LogP contribution is -2.52. The van der Waals surface area contributed by atoms with Crippen molar-refractivity contribution >= 4 is 23.4 Å². The van der Waals surface area contributed by atoms with Crippen molar-refractivity contribution in [2.75, 3.05) is 19.4 Å². The van der Waals surface area contributed by atoms with Gasteiger partial charge in [0.25, 0.3) is 5.91 Å². The highest BCUT2D eigenvalue weighted by atomic mass is 16.2. The number of amides is 3. The molecule has 160 valence electrons. The van der Waals surface area contributed by atoms with Crippen molar-refractivity contribution in [1.29, 1.82) is 5.26 Å². The van der Waals surface area contributed by atoms with Crippen LogP contribution in [0.2, 0.25) is 0 Å². The number of nitrogens with zero attached hydrogens (tertiary/aromatic N) is 3. The Balaban J connectivity index is 1.93. The van der Waals surface area contributed by atoms with Crippen LogP contribution in [0.1, 0.15) is 46.8 Å². The molecule has 3 amide bonds. The summed E-state index contributed by atoms with van der Waals surface area (Å²) in [6.45, 7) is 2.21. The van der Waals surface area contributed by atoms with E-state index in [1.807, 2.05) is 31.2 Å². The smallest absolute Gasteiger partial charge is 0.254 e. The van der Waals surface area contributed by atoms with Gasteiger partial charge in [-0.15, -0.1) is 0 Å². The summed E-state index contributed by atoms with van der Waals surface area (Å²) in [5.74, 6) is -0.465. The van der Waals surface area contributed by atoms with Crippen LogP contribution in [0.4, 0.5) is 5.69 Å². The molecule has 1 atom stereocenters. The van der Waals surface area contributed by atoms with Crippen molar-refractivity contribution in [3.05, 3.63) is 64.7 Å². The summed E-state index contributed by atoms with van der Waals surface area (Å²) in [5.41, 5.74) is 3.46. The number of hydrogen-bond donors (Lipinski definition) is 1. The molecule has 2 aromatic carbocycles. The minimum Gasteiger partial charge on any atom is -0.347 e. The van der Waals surface area contributed by atoms with Gasteiger partial charge in [-0.05, 0) is 53.9 Å². The maximum atomic E-state index is 13.3. The average molecular weight is 418 g/mol. The fourth-order valence-electron chi connectivity index (χ4n) is 3.70. The second-order valence-electron chi connectivity index (χ2n) is 7.86. The molecule has 1 heterocycles. The Morgan fingerprint density at radius 3 is 2.45 bits per heavy atom. The summed E-state index contributed by atoms with van der Waals surface area (Å²) in [6.07, 6.45) is 1.61. The van der Waals surface area contributed by atoms with E-state index < -0.39 is 6.04 Å². The van der Waals surface area contributed by atoms with Crippen molar-refractivity contribution < 1.29 is 14.4 Å². The lowest BCUT2D eigenvalue weighted by molar-refractivity contribution is -0.134. The van der Waals surface area contributed by atoms with Crippen LogP contribution >= 0.6 is 0 Å². The van der Waals surface area contributed by atoms with Gasteiger partial charge in [0, 0.05) is 44.7 Å². The first-order valence-corrected chi connectivity index (χ1v) is 10.3. The molecule has 0 aromatic heterocycles. The SMILES string of the molecule is CCCC(=O)Nc1ccc2c(c1)CN(C(=O)c1ccc(C#N)cc1)C(C(=O)N(C)C)C2. The standard InChI is InChI=1S/C24H26N4O3/c1-4-5-22(29)26-20-11-10-18-13-21(24(31)27(2)3)28(15-19(18)12-20)23(30)17-8-6-16(14-25)7-9-17/h6-12,21H,4-5,13,15H2,1-3H3,(H,26,29). The number of fused-ring (bicyclic) bond motifs is 1. The molecular formula is C24H26N4O3. The third kappa shape index (κ3) is 4.92. The van der Waals surface area contributed by atoms with Crippen molar-refractivity contribution in [2.45, 2.75) is 38.8 Å². The molecule has 1 aliphatic rings. The summed E-state index contributed by atoms with van der Waals surface area (Å²) < 4.78 is 0. The van der Waals surface area contributed by atoms with Gasteiger partial charge in [-0.3, -0.25) is 14.4 Å². The van der Waals surface area contributed by atoms with Crippen molar-refractivity contribution in [1.82, 2.24) is 9.80 Å². The molecule has 0 spiro atoms. The van der Waals surface area contributed by atoms with E-state index in [4.69, 9.17) is 5.26 Å². The van der Waals surface area contributed by atoms with Gasteiger partial charge in [-0.2, -0.15) is 5.26 Å². The fourth-order valence-corrected chi connectivity index (χ4v) is 3.70. The molecule has 3 rings (SSSR count). The summed E-state index contributed by atoms with van der Waals surface area (Å²) in [6, 6.07) is 13.4. The zero-order valence-electron chi connectivity index (χ0n) is 18.0. The van der Waals surface area contributed by atoms with Crippen LogP contribution in [0.25, 0.3) is 0 Å². The Labute approximate surface area is 182 Å². The van der Waals surface area contributed by atoms with E-state index in [0.29, 0.717) is 29.7 Å². The predicted octanol–water partition coefficient (Wildman–Crippen LogP) is 2.95. The fraction of sp³-hybridized carbons (Fsp3) is 0.333. The van der Waals surface area contributed by atoms with E-state index in [0.717, 1.165) is 17.5 Å². The molecule has 1 N–H and O–H groups in total. The molecule has 0 aliphatic carbocycles. The molecule has 2 aromatic rings. The number of hydrogen-bond acceptors (Lipinski definition) is 4. The van der Waals surface area contributed by atoms with Crippen LogP contribution in [0.15, 0.2) is 42.5 Å². The van der Waals surface area contributed by atoms with Crippen LogP contribution < -0.4 is 5.32 Å². The maximum Gasteiger partial charge on any atom is 0.254 e. The van der Waals surface area contributed by atoms with E-state index in [2.05, 4.69) is 5.32 Å². The van der Waals surface area contributed by atoms with E-state index in [9.17, 15) is 14.4 Å². The number of anilines is 1. The summed E-state index contributed by atoms with van der Waals surface area (Å²) >= 11 is 0. The Morgan fingerprint density at radius 2 is 1.84 bits per heavy atom. The number of rotatable bonds is 5. The van der Waals surface area contributed by atoms with Crippen LogP contribution in [0.5, 0.6) is 0 Å². The molecule has 1 aliphatic heterocycles. The largest absolute Gasteiger partial charge is 0.347 e. The normalized spacial score (nSPS) is 14.9. The Bertz CT molecular complexity index is 1040. The van der Waals surface area contributed by atoms with Crippen LogP contribution in [0, 0.1) is 11.3 Å². The molecule has 31 heavy (non-hydrogen) atoms. The molecule has 1 unspecified atom stereocenters. The summed E-state index contributed by atoms with van der Waals surface area (Å²) in [5, 5.41) is 11.9. The molecule has 7 heteroatoms. The van der Waals surface area contributed by atoms with Gasteiger partial charge in [0.2, 0.25) is 11.8 Å². The minimum absolute atomic E-state index is 0.0514. The van der Waals surface area contributed by atoms with Crippen LogP contribution in [-0.4, -0.2) is 47.7 Å². The number of benzene rings is 2. The molecular weight excluding hydrogens is 392 g/mol. The van der Waals surface area contributed by atoms with Gasteiger partial charge < -0.3 is 15.1 Å². The van der Waals surface area contributed by atoms with Crippen molar-refractivity contribution in [3.8, 4) is 6.07 Å². The zero-order chi connectivity index (χ0) is 22.5. The highest BCUT2D eigenvalue weighted by Gasteiger charge is 2.36. The van der Waals surface area contributed by atoms with E-state index in [1.165, 1.54) is 4.90 Å². The number of carbonyl (C=O) groups excluding carboxylic acids is 3. The molecule has 0 bridgehead atoms. The molecule has 0 saturated heterocycles. The van der Waals surface area contributed by atoms with Crippen LogP contribution in [0.3, 0.4) is 0 Å². The highest BCUT2D eigenvalue weighted by Crippen LogP contribution is 2.28. The van der Waals surface area contributed by atoms with Crippen molar-refractivity contribution in [2.24, 2.45) is 0 Å². The Morgan fingerprint density at radius 1 is 1.13 bits per heavy atom. The van der Waals surface area contributed by atoms with Gasteiger partial charge in [0.15, 0.2) is 0 Å². The Kier molecular flexibility index (Phi) is 6.71. The van der Waals surface area contributed by atoms with Gasteiger partial charge in [0.05, 0.1) is 11.6 Å². The number of nitriles is 1. The molecule has 0 saturated carbocycles. The minimum atomic E-state index is -0.619. The Hall–Kier alpha value is -3.66. The van der Waals surface area contributed by atoms with E-state index >= 15 is 0 Å². The first-order valence-electron chi connectivity index (χ1n) is 10.3. The third-order valence-corrected chi connectivity index (χ3v) is 5.34. The van der Waals surface area contributed by atoms with E-state index in [1.54, 1.807) is 43.3 Å². The summed E-state index contributed by atoms with van der Waals surface area (Å²) in [7, 11) is 3.35. The van der Waals surface area contributed by atoms with E-state index in [-0.39, 0.29) is 24.3 Å². The lowest BCUT2D eigenvalue weighted by atomic mass is 9.92. The quantitative estimate of drug-likeness (QED) is 0.808. The van der Waals surface area contributed by atoms with Gasteiger partial charge in [0.1, 0.15) is 6.04 Å².